The Labute approximate surface area is 146 Å². The Kier molecular flexibility index (Phi) is 14.9. The van der Waals surface area contributed by atoms with Crippen LogP contribution >= 0.6 is 0 Å². The van der Waals surface area contributed by atoms with E-state index in [4.69, 9.17) is 15.9 Å². The summed E-state index contributed by atoms with van der Waals surface area (Å²) in [5, 5.41) is 17.7. The first-order valence-electron chi connectivity index (χ1n) is 9.34. The topological polar surface area (TPSA) is 104 Å². The molecule has 6 heteroatoms. The van der Waals surface area contributed by atoms with Crippen molar-refractivity contribution in [1.29, 1.82) is 0 Å². The zero-order chi connectivity index (χ0) is 18.2. The van der Waals surface area contributed by atoms with E-state index < -0.39 is 12.0 Å². The summed E-state index contributed by atoms with van der Waals surface area (Å²) < 4.78 is 0. The molecule has 0 saturated carbocycles. The van der Waals surface area contributed by atoms with Crippen LogP contribution in [0.25, 0.3) is 0 Å². The number of carboxylic acid groups (broad SMARTS) is 1. The number of unbranched alkanes of at least 4 members (excludes halogenated alkanes) is 8. The number of nitrogens with two attached hydrogens (primary N) is 1. The van der Waals surface area contributed by atoms with Gasteiger partial charge in [0, 0.05) is 19.5 Å². The van der Waals surface area contributed by atoms with Crippen molar-refractivity contribution in [2.24, 2.45) is 5.73 Å². The molecule has 0 heterocycles. The Morgan fingerprint density at radius 3 is 2.04 bits per heavy atom. The van der Waals surface area contributed by atoms with E-state index in [2.05, 4.69) is 6.92 Å². The second-order valence-electron chi connectivity index (χ2n) is 6.50. The average molecular weight is 344 g/mol. The van der Waals surface area contributed by atoms with E-state index in [0.29, 0.717) is 6.42 Å². The molecule has 0 aliphatic carbocycles. The number of carbonyl (C=O) groups excluding carboxylic acids is 1. The van der Waals surface area contributed by atoms with Gasteiger partial charge in [-0.3, -0.25) is 14.5 Å². The lowest BCUT2D eigenvalue weighted by molar-refractivity contribution is -0.138. The van der Waals surface area contributed by atoms with Crippen LogP contribution in [-0.4, -0.2) is 59.1 Å². The van der Waals surface area contributed by atoms with E-state index in [1.54, 1.807) is 0 Å². The number of carbonyl (C=O) groups is 2. The van der Waals surface area contributed by atoms with Gasteiger partial charge >= 0.3 is 5.97 Å². The first-order chi connectivity index (χ1) is 11.5. The maximum atomic E-state index is 12.0. The van der Waals surface area contributed by atoms with Gasteiger partial charge in [-0.15, -0.1) is 0 Å². The predicted octanol–water partition coefficient (Wildman–Crippen LogP) is 2.18. The van der Waals surface area contributed by atoms with Crippen molar-refractivity contribution < 1.29 is 19.8 Å². The quantitative estimate of drug-likeness (QED) is 0.349. The number of carboxylic acids is 1. The van der Waals surface area contributed by atoms with Crippen LogP contribution < -0.4 is 5.73 Å². The Bertz CT molecular complexity index is 337. The van der Waals surface area contributed by atoms with E-state index >= 15 is 0 Å². The molecule has 4 N–H and O–H groups in total. The molecular formula is C18H36N2O4. The molecule has 0 aliphatic rings. The molecule has 0 aromatic heterocycles. The highest BCUT2D eigenvalue weighted by Gasteiger charge is 2.18. The molecule has 0 spiro atoms. The van der Waals surface area contributed by atoms with Gasteiger partial charge in [-0.2, -0.15) is 0 Å². The van der Waals surface area contributed by atoms with Crippen molar-refractivity contribution in [3.8, 4) is 0 Å². The molecule has 1 atom stereocenters. The van der Waals surface area contributed by atoms with Crippen LogP contribution in [0.15, 0.2) is 0 Å². The maximum Gasteiger partial charge on any atom is 0.317 e. The monoisotopic (exact) mass is 344 g/mol. The van der Waals surface area contributed by atoms with Crippen LogP contribution in [0.2, 0.25) is 0 Å². The summed E-state index contributed by atoms with van der Waals surface area (Å²) in [5.74, 6) is -1.01. The summed E-state index contributed by atoms with van der Waals surface area (Å²) in [6.45, 7) is 2.26. The summed E-state index contributed by atoms with van der Waals surface area (Å²) in [6.07, 6.45) is 11.2. The third-order valence-electron chi connectivity index (χ3n) is 4.17. The van der Waals surface area contributed by atoms with Crippen molar-refractivity contribution in [1.82, 2.24) is 4.90 Å². The Morgan fingerprint density at radius 1 is 1.00 bits per heavy atom. The molecule has 0 rings (SSSR count). The fraction of sp³-hybridized carbons (Fsp3) is 0.889. The number of rotatable bonds is 17. The van der Waals surface area contributed by atoms with Gasteiger partial charge in [0.15, 0.2) is 5.78 Å². The van der Waals surface area contributed by atoms with Crippen molar-refractivity contribution in [2.75, 3.05) is 26.2 Å². The van der Waals surface area contributed by atoms with Gasteiger partial charge in [0.2, 0.25) is 0 Å². The summed E-state index contributed by atoms with van der Waals surface area (Å²) in [6, 6.07) is -0.676. The largest absolute Gasteiger partial charge is 0.480 e. The molecule has 0 radical (unpaired) electrons. The third kappa shape index (κ3) is 13.5. The van der Waals surface area contributed by atoms with Crippen LogP contribution in [-0.2, 0) is 9.59 Å². The number of nitrogens with zero attached hydrogens (tertiary/aromatic N) is 1. The minimum atomic E-state index is -0.984. The summed E-state index contributed by atoms with van der Waals surface area (Å²) in [4.78, 5) is 24.3. The van der Waals surface area contributed by atoms with Gasteiger partial charge in [-0.25, -0.2) is 0 Å². The second-order valence-corrected chi connectivity index (χ2v) is 6.50. The first kappa shape index (κ1) is 23.0. The summed E-state index contributed by atoms with van der Waals surface area (Å²) in [7, 11) is 0. The molecule has 6 nitrogen and oxygen atoms in total. The van der Waals surface area contributed by atoms with E-state index in [-0.39, 0.29) is 32.0 Å². The Balaban J connectivity index is 3.75. The lowest BCUT2D eigenvalue weighted by atomic mass is 10.0. The van der Waals surface area contributed by atoms with Gasteiger partial charge in [0.05, 0.1) is 19.2 Å². The van der Waals surface area contributed by atoms with Gasteiger partial charge in [-0.05, 0) is 6.42 Å². The van der Waals surface area contributed by atoms with Gasteiger partial charge in [0.1, 0.15) is 0 Å². The van der Waals surface area contributed by atoms with Crippen molar-refractivity contribution >= 4 is 11.8 Å². The molecular weight excluding hydrogens is 308 g/mol. The lowest BCUT2D eigenvalue weighted by Gasteiger charge is -2.22. The number of aliphatic hydroxyl groups excluding tert-OH is 1. The Hall–Kier alpha value is -0.980. The zero-order valence-corrected chi connectivity index (χ0v) is 15.2. The molecule has 0 aromatic rings. The van der Waals surface area contributed by atoms with Crippen molar-refractivity contribution in [2.45, 2.75) is 77.2 Å². The van der Waals surface area contributed by atoms with Crippen LogP contribution in [0.5, 0.6) is 0 Å². The van der Waals surface area contributed by atoms with Crippen molar-refractivity contribution in [3.63, 3.8) is 0 Å². The van der Waals surface area contributed by atoms with E-state index in [1.807, 2.05) is 0 Å². The lowest BCUT2D eigenvalue weighted by Crippen LogP contribution is -2.45. The van der Waals surface area contributed by atoms with Crippen LogP contribution in [0.1, 0.15) is 71.1 Å². The standard InChI is InChI=1S/C18H36N2O4/c1-2-3-4-5-6-7-8-9-10-11-17(22)16(19)14-20(12-13-21)15-18(23)24/h16,21H,2-15,19H2,1H3,(H,23,24). The number of Topliss-reactive ketones (excluding diaryl/α,β-unsaturated/α-hetero) is 1. The zero-order valence-electron chi connectivity index (χ0n) is 15.2. The molecule has 0 amide bonds. The number of hydrogen-bond acceptors (Lipinski definition) is 5. The normalized spacial score (nSPS) is 12.5. The third-order valence-corrected chi connectivity index (χ3v) is 4.17. The highest BCUT2D eigenvalue weighted by Crippen LogP contribution is 2.11. The minimum absolute atomic E-state index is 0.0220. The highest BCUT2D eigenvalue weighted by molar-refractivity contribution is 5.84. The van der Waals surface area contributed by atoms with Gasteiger partial charge < -0.3 is 15.9 Å². The molecule has 1 unspecified atom stereocenters. The molecule has 0 aromatic carbocycles. The summed E-state index contributed by atoms with van der Waals surface area (Å²) >= 11 is 0. The summed E-state index contributed by atoms with van der Waals surface area (Å²) in [5.41, 5.74) is 5.87. The van der Waals surface area contributed by atoms with Crippen LogP contribution in [0, 0.1) is 0 Å². The van der Waals surface area contributed by atoms with Gasteiger partial charge in [-0.1, -0.05) is 58.3 Å². The van der Waals surface area contributed by atoms with Gasteiger partial charge in [0.25, 0.3) is 0 Å². The van der Waals surface area contributed by atoms with E-state index in [9.17, 15) is 9.59 Å². The Morgan fingerprint density at radius 2 is 1.54 bits per heavy atom. The highest BCUT2D eigenvalue weighted by atomic mass is 16.4. The fourth-order valence-electron chi connectivity index (χ4n) is 2.74. The number of aliphatic carboxylic acids is 1. The smallest absolute Gasteiger partial charge is 0.317 e. The second kappa shape index (κ2) is 15.5. The molecule has 0 aliphatic heterocycles. The minimum Gasteiger partial charge on any atom is -0.480 e. The van der Waals surface area contributed by atoms with Crippen LogP contribution in [0.4, 0.5) is 0 Å². The van der Waals surface area contributed by atoms with E-state index in [0.717, 1.165) is 19.3 Å². The molecule has 0 bridgehead atoms. The molecule has 0 fully saturated rings. The van der Waals surface area contributed by atoms with Crippen LogP contribution in [0.3, 0.4) is 0 Å². The number of aliphatic hydroxyl groups is 1. The predicted molar refractivity (Wildman–Crippen MR) is 96.0 cm³/mol. The molecule has 24 heavy (non-hydrogen) atoms. The molecule has 142 valence electrons. The number of hydrogen-bond donors (Lipinski definition) is 3. The fourth-order valence-corrected chi connectivity index (χ4v) is 2.74. The van der Waals surface area contributed by atoms with E-state index in [1.165, 1.54) is 43.4 Å². The number of ketones is 1. The molecule has 0 saturated heterocycles. The first-order valence-corrected chi connectivity index (χ1v) is 9.34. The average Bonchev–Trinajstić information content (AvgIpc) is 2.52. The maximum absolute atomic E-state index is 12.0. The van der Waals surface area contributed by atoms with Crippen molar-refractivity contribution in [3.05, 3.63) is 0 Å². The SMILES string of the molecule is CCCCCCCCCCCC(=O)C(N)CN(CCO)CC(=O)O.